The second-order valence-corrected chi connectivity index (χ2v) is 6.77. The van der Waals surface area contributed by atoms with E-state index < -0.39 is 23.3 Å². The number of imide groups is 1. The molecule has 0 spiro atoms. The first-order valence-corrected chi connectivity index (χ1v) is 9.03. The van der Waals surface area contributed by atoms with Gasteiger partial charge in [0, 0.05) is 4.88 Å². The molecular formula is C17H15ClN4O3S. The molecule has 134 valence electrons. The highest BCUT2D eigenvalue weighted by atomic mass is 35.5. The molecule has 26 heavy (non-hydrogen) atoms. The number of nitrogens with one attached hydrogen (secondary N) is 1. The lowest BCUT2D eigenvalue weighted by atomic mass is 10.2. The lowest BCUT2D eigenvalue weighted by molar-refractivity contribution is -0.113. The molecule has 1 atom stereocenters. The van der Waals surface area contributed by atoms with Crippen molar-refractivity contribution in [3.8, 4) is 0 Å². The quantitative estimate of drug-likeness (QED) is 0.629. The van der Waals surface area contributed by atoms with Crippen molar-refractivity contribution in [2.24, 2.45) is 5.10 Å². The molecule has 3 rings (SSSR count). The maximum atomic E-state index is 12.4. The number of carbonyl (C=O) groups excluding carboxylic acids is 3. The van der Waals surface area contributed by atoms with Gasteiger partial charge < -0.3 is 5.32 Å². The predicted molar refractivity (Wildman–Crippen MR) is 99.3 cm³/mol. The Balaban J connectivity index is 1.64. The minimum Gasteiger partial charge on any atom is -0.322 e. The SMILES string of the molecule is O=C(Cl)[C@@H](NC(=O)N1CCN(N=Cc2ccccc2)C1=O)c1cccs1. The molecule has 1 aromatic heterocycles. The van der Waals surface area contributed by atoms with Gasteiger partial charge in [-0.2, -0.15) is 5.10 Å². The maximum Gasteiger partial charge on any atom is 0.348 e. The van der Waals surface area contributed by atoms with E-state index in [1.807, 2.05) is 30.3 Å². The van der Waals surface area contributed by atoms with Crippen LogP contribution in [-0.2, 0) is 4.79 Å². The van der Waals surface area contributed by atoms with Crippen LogP contribution in [0.1, 0.15) is 16.5 Å². The first kappa shape index (κ1) is 18.1. The maximum absolute atomic E-state index is 12.4. The molecule has 0 bridgehead atoms. The molecule has 0 unspecified atom stereocenters. The zero-order chi connectivity index (χ0) is 18.5. The summed E-state index contributed by atoms with van der Waals surface area (Å²) >= 11 is 6.88. The van der Waals surface area contributed by atoms with Gasteiger partial charge in [0.05, 0.1) is 19.3 Å². The summed E-state index contributed by atoms with van der Waals surface area (Å²) in [6.07, 6.45) is 1.55. The highest BCUT2D eigenvalue weighted by Crippen LogP contribution is 2.22. The van der Waals surface area contributed by atoms with Gasteiger partial charge in [0.1, 0.15) is 6.04 Å². The van der Waals surface area contributed by atoms with E-state index in [1.165, 1.54) is 16.3 Å². The lowest BCUT2D eigenvalue weighted by Gasteiger charge is -2.18. The third-order valence-corrected chi connectivity index (χ3v) is 4.86. The minimum atomic E-state index is -0.987. The van der Waals surface area contributed by atoms with Crippen LogP contribution in [0.15, 0.2) is 52.9 Å². The van der Waals surface area contributed by atoms with E-state index in [4.69, 9.17) is 11.6 Å². The molecule has 2 heterocycles. The van der Waals surface area contributed by atoms with Crippen molar-refractivity contribution in [2.45, 2.75) is 6.04 Å². The standard InChI is InChI=1S/C17H15ClN4O3S/c18-15(23)14(13-7-4-10-26-13)20-16(24)21-8-9-22(17(21)25)19-11-12-5-2-1-3-6-12/h1-7,10-11,14H,8-9H2,(H,20,24)/t14-/m0/s1. The van der Waals surface area contributed by atoms with Crippen molar-refractivity contribution in [1.29, 1.82) is 0 Å². The minimum absolute atomic E-state index is 0.171. The number of hydrazone groups is 1. The van der Waals surface area contributed by atoms with Crippen LogP contribution < -0.4 is 5.32 Å². The summed E-state index contributed by atoms with van der Waals surface area (Å²) in [4.78, 5) is 38.0. The Bertz CT molecular complexity index is 826. The third kappa shape index (κ3) is 4.09. The van der Waals surface area contributed by atoms with Crippen LogP contribution in [0, 0.1) is 0 Å². The van der Waals surface area contributed by atoms with Gasteiger partial charge in [-0.05, 0) is 28.6 Å². The van der Waals surface area contributed by atoms with Gasteiger partial charge in [-0.3, -0.25) is 4.79 Å². The molecular weight excluding hydrogens is 376 g/mol. The van der Waals surface area contributed by atoms with Gasteiger partial charge in [-0.15, -0.1) is 11.3 Å². The normalized spacial score (nSPS) is 15.5. The molecule has 1 aromatic carbocycles. The van der Waals surface area contributed by atoms with Crippen LogP contribution in [0.5, 0.6) is 0 Å². The Kier molecular flexibility index (Phi) is 5.65. The summed E-state index contributed by atoms with van der Waals surface area (Å²) in [5.74, 6) is 0. The largest absolute Gasteiger partial charge is 0.348 e. The van der Waals surface area contributed by atoms with Gasteiger partial charge in [-0.25, -0.2) is 19.5 Å². The molecule has 1 fully saturated rings. The zero-order valence-corrected chi connectivity index (χ0v) is 15.1. The number of benzene rings is 1. The number of nitrogens with zero attached hydrogens (tertiary/aromatic N) is 3. The van der Waals surface area contributed by atoms with E-state index in [0.29, 0.717) is 4.88 Å². The summed E-state index contributed by atoms with van der Waals surface area (Å²) in [7, 11) is 0. The summed E-state index contributed by atoms with van der Waals surface area (Å²) in [5, 5.41) is 8.88. The Labute approximate surface area is 158 Å². The van der Waals surface area contributed by atoms with Crippen molar-refractivity contribution in [1.82, 2.24) is 15.2 Å². The number of hydrogen-bond acceptors (Lipinski definition) is 5. The average Bonchev–Trinajstić information content (AvgIpc) is 3.28. The molecule has 0 saturated carbocycles. The molecule has 2 aromatic rings. The van der Waals surface area contributed by atoms with Gasteiger partial charge in [0.2, 0.25) is 5.24 Å². The van der Waals surface area contributed by atoms with Crippen LogP contribution >= 0.6 is 22.9 Å². The number of halogens is 1. The summed E-state index contributed by atoms with van der Waals surface area (Å²) in [5.41, 5.74) is 0.841. The van der Waals surface area contributed by atoms with Gasteiger partial charge in [0.15, 0.2) is 0 Å². The molecule has 7 nitrogen and oxygen atoms in total. The van der Waals surface area contributed by atoms with Crippen LogP contribution in [0.2, 0.25) is 0 Å². The Morgan fingerprint density at radius 3 is 2.62 bits per heavy atom. The fraction of sp³-hybridized carbons (Fsp3) is 0.176. The van der Waals surface area contributed by atoms with Crippen LogP contribution in [0.25, 0.3) is 0 Å². The van der Waals surface area contributed by atoms with E-state index in [9.17, 15) is 14.4 Å². The van der Waals surface area contributed by atoms with Crippen molar-refractivity contribution in [3.05, 3.63) is 58.3 Å². The van der Waals surface area contributed by atoms with Gasteiger partial charge >= 0.3 is 12.1 Å². The van der Waals surface area contributed by atoms with Gasteiger partial charge in [-0.1, -0.05) is 36.4 Å². The molecule has 1 saturated heterocycles. The number of amides is 4. The van der Waals surface area contributed by atoms with Crippen molar-refractivity contribution in [2.75, 3.05) is 13.1 Å². The van der Waals surface area contributed by atoms with Crippen LogP contribution in [-0.4, -0.2) is 46.5 Å². The fourth-order valence-corrected chi connectivity index (χ4v) is 3.40. The third-order valence-electron chi connectivity index (χ3n) is 3.70. The first-order chi connectivity index (χ1) is 12.6. The van der Waals surface area contributed by atoms with E-state index in [-0.39, 0.29) is 13.1 Å². The molecule has 0 radical (unpaired) electrons. The molecule has 0 aliphatic carbocycles. The topological polar surface area (TPSA) is 82.1 Å². The Morgan fingerprint density at radius 2 is 1.96 bits per heavy atom. The summed E-state index contributed by atoms with van der Waals surface area (Å²) < 4.78 is 0. The molecule has 1 aliphatic heterocycles. The molecule has 4 amide bonds. The van der Waals surface area contributed by atoms with E-state index in [1.54, 1.807) is 23.7 Å². The highest BCUT2D eigenvalue weighted by Gasteiger charge is 2.35. The highest BCUT2D eigenvalue weighted by molar-refractivity contribution is 7.10. The average molecular weight is 391 g/mol. The van der Waals surface area contributed by atoms with Crippen molar-refractivity contribution >= 4 is 46.5 Å². The number of rotatable bonds is 5. The van der Waals surface area contributed by atoms with E-state index in [2.05, 4.69) is 10.4 Å². The summed E-state index contributed by atoms with van der Waals surface area (Å²) in [6, 6.07) is 10.5. The van der Waals surface area contributed by atoms with Crippen molar-refractivity contribution in [3.63, 3.8) is 0 Å². The second-order valence-electron chi connectivity index (χ2n) is 5.41. The fourth-order valence-electron chi connectivity index (χ4n) is 2.39. The van der Waals surface area contributed by atoms with Gasteiger partial charge in [0.25, 0.3) is 0 Å². The van der Waals surface area contributed by atoms with E-state index >= 15 is 0 Å². The van der Waals surface area contributed by atoms with Crippen molar-refractivity contribution < 1.29 is 14.4 Å². The van der Waals surface area contributed by atoms with Crippen LogP contribution in [0.4, 0.5) is 9.59 Å². The monoisotopic (exact) mass is 390 g/mol. The second kappa shape index (κ2) is 8.11. The molecule has 1 N–H and O–H groups in total. The van der Waals surface area contributed by atoms with E-state index in [0.717, 1.165) is 10.5 Å². The predicted octanol–water partition coefficient (Wildman–Crippen LogP) is 3.04. The number of urea groups is 2. The number of thiophene rings is 1. The Hall–Kier alpha value is -2.71. The smallest absolute Gasteiger partial charge is 0.322 e. The number of hydrogen-bond donors (Lipinski definition) is 1. The number of carbonyl (C=O) groups is 3. The molecule has 9 heteroatoms. The Morgan fingerprint density at radius 1 is 1.19 bits per heavy atom. The zero-order valence-electron chi connectivity index (χ0n) is 13.5. The lowest BCUT2D eigenvalue weighted by Crippen LogP contribution is -2.44. The molecule has 1 aliphatic rings. The first-order valence-electron chi connectivity index (χ1n) is 7.77. The van der Waals surface area contributed by atoms with Crippen LogP contribution in [0.3, 0.4) is 0 Å². The summed E-state index contributed by atoms with van der Waals surface area (Å²) in [6.45, 7) is 0.443.